The van der Waals surface area contributed by atoms with Crippen molar-refractivity contribution in [3.05, 3.63) is 96.6 Å². The third-order valence-corrected chi connectivity index (χ3v) is 5.56. The Bertz CT molecular complexity index is 1410. The molecule has 0 aromatic heterocycles. The normalized spacial score (nSPS) is 10.2. The molecule has 0 aliphatic rings. The zero-order valence-electron chi connectivity index (χ0n) is 23.4. The van der Waals surface area contributed by atoms with E-state index in [4.69, 9.17) is 28.4 Å². The van der Waals surface area contributed by atoms with E-state index in [0.717, 1.165) is 18.9 Å². The van der Waals surface area contributed by atoms with Gasteiger partial charge in [0.2, 0.25) is 0 Å². The molecule has 11 heteroatoms. The van der Waals surface area contributed by atoms with Gasteiger partial charge >= 0.3 is 30.0 Å². The summed E-state index contributed by atoms with van der Waals surface area (Å²) in [4.78, 5) is 58.8. The minimum absolute atomic E-state index is 0.178. The maximum absolute atomic E-state index is 12.5. The summed E-state index contributed by atoms with van der Waals surface area (Å²) in [5.74, 6) is -1.22. The lowest BCUT2D eigenvalue weighted by Crippen LogP contribution is -2.12. The predicted molar refractivity (Wildman–Crippen MR) is 152 cm³/mol. The van der Waals surface area contributed by atoms with Gasteiger partial charge in [-0.3, -0.25) is 4.79 Å². The molecule has 0 heterocycles. The van der Waals surface area contributed by atoms with Crippen molar-refractivity contribution in [1.29, 1.82) is 0 Å². The second-order valence-electron chi connectivity index (χ2n) is 8.88. The molecule has 11 nitrogen and oxygen atoms in total. The highest BCUT2D eigenvalue weighted by Crippen LogP contribution is 2.21. The van der Waals surface area contributed by atoms with E-state index in [1.807, 2.05) is 0 Å². The van der Waals surface area contributed by atoms with Crippen molar-refractivity contribution >= 4 is 30.0 Å². The molecule has 0 unspecified atom stereocenters. The average Bonchev–Trinajstić information content (AvgIpc) is 2.99. The summed E-state index contributed by atoms with van der Waals surface area (Å²) in [6.45, 7) is 5.10. The SMILES string of the molecule is C=CC(=O)OCCCCCCOC(=O)Oc1ccc(C(=O)Oc2ccc(C(=O)Oc3ccc(OC(C)=O)cc3)cc2)cc1. The molecule has 3 aromatic rings. The Morgan fingerprint density at radius 2 is 0.953 bits per heavy atom. The molecule has 3 rings (SSSR count). The topological polar surface area (TPSA) is 141 Å². The van der Waals surface area contributed by atoms with Gasteiger partial charge in [0.15, 0.2) is 0 Å². The van der Waals surface area contributed by atoms with Crippen LogP contribution in [0.2, 0.25) is 0 Å². The number of benzene rings is 3. The molecular formula is C32H30O11. The zero-order valence-corrected chi connectivity index (χ0v) is 23.4. The Kier molecular flexibility index (Phi) is 12.5. The molecule has 0 saturated heterocycles. The van der Waals surface area contributed by atoms with Gasteiger partial charge in [-0.1, -0.05) is 6.58 Å². The van der Waals surface area contributed by atoms with Crippen LogP contribution in [0.3, 0.4) is 0 Å². The van der Waals surface area contributed by atoms with Crippen molar-refractivity contribution in [2.75, 3.05) is 13.2 Å². The summed E-state index contributed by atoms with van der Waals surface area (Å²) >= 11 is 0. The first-order chi connectivity index (χ1) is 20.7. The minimum atomic E-state index is -0.868. The molecule has 43 heavy (non-hydrogen) atoms. The van der Waals surface area contributed by atoms with Gasteiger partial charge in [0.1, 0.15) is 23.0 Å². The standard InChI is InChI=1S/C32H30O11/c1-3-29(34)38-20-6-4-5-7-21-39-32(37)43-28-14-10-24(11-15-28)30(35)41-26-12-8-23(9-13-26)31(36)42-27-18-16-25(17-19-27)40-22(2)33/h3,8-19H,1,4-7,20-21H2,2H3. The average molecular weight is 591 g/mol. The maximum Gasteiger partial charge on any atom is 0.513 e. The van der Waals surface area contributed by atoms with Gasteiger partial charge in [0.05, 0.1) is 24.3 Å². The summed E-state index contributed by atoms with van der Waals surface area (Å²) in [5, 5.41) is 0. The van der Waals surface area contributed by atoms with E-state index in [0.29, 0.717) is 25.2 Å². The number of unbranched alkanes of at least 4 members (excludes halogenated alkanes) is 3. The van der Waals surface area contributed by atoms with Gasteiger partial charge in [-0.05, 0) is 98.5 Å². The van der Waals surface area contributed by atoms with Gasteiger partial charge in [-0.2, -0.15) is 0 Å². The van der Waals surface area contributed by atoms with Crippen LogP contribution in [0, 0.1) is 0 Å². The fourth-order valence-corrected chi connectivity index (χ4v) is 3.46. The highest BCUT2D eigenvalue weighted by atomic mass is 16.7. The van der Waals surface area contributed by atoms with E-state index in [1.54, 1.807) is 0 Å². The van der Waals surface area contributed by atoms with E-state index in [1.165, 1.54) is 79.7 Å². The fourth-order valence-electron chi connectivity index (χ4n) is 3.46. The molecule has 0 atom stereocenters. The molecule has 224 valence electrons. The second kappa shape index (κ2) is 16.7. The summed E-state index contributed by atoms with van der Waals surface area (Å²) in [5.41, 5.74) is 0.434. The van der Waals surface area contributed by atoms with E-state index in [-0.39, 0.29) is 35.0 Å². The first-order valence-electron chi connectivity index (χ1n) is 13.3. The molecule has 0 spiro atoms. The third kappa shape index (κ3) is 11.5. The quantitative estimate of drug-likeness (QED) is 0.0733. The monoisotopic (exact) mass is 590 g/mol. The maximum atomic E-state index is 12.5. The molecule has 0 fully saturated rings. The van der Waals surface area contributed by atoms with E-state index in [2.05, 4.69) is 6.58 Å². The van der Waals surface area contributed by atoms with Crippen molar-refractivity contribution in [3.63, 3.8) is 0 Å². The summed E-state index contributed by atoms with van der Waals surface area (Å²) in [7, 11) is 0. The summed E-state index contributed by atoms with van der Waals surface area (Å²) < 4.78 is 30.6. The van der Waals surface area contributed by atoms with Crippen LogP contribution >= 0.6 is 0 Å². The molecule has 0 amide bonds. The Hall–Kier alpha value is -5.45. The number of esters is 4. The van der Waals surface area contributed by atoms with E-state index < -0.39 is 30.0 Å². The lowest BCUT2D eigenvalue weighted by molar-refractivity contribution is -0.138. The first kappa shape index (κ1) is 32.1. The molecule has 0 aliphatic carbocycles. The Morgan fingerprint density at radius 1 is 0.558 bits per heavy atom. The molecule has 0 radical (unpaired) electrons. The first-order valence-corrected chi connectivity index (χ1v) is 13.3. The highest BCUT2D eigenvalue weighted by Gasteiger charge is 2.13. The second-order valence-corrected chi connectivity index (χ2v) is 8.88. The molecule has 0 N–H and O–H groups in total. The summed E-state index contributed by atoms with van der Waals surface area (Å²) in [6, 6.07) is 17.5. The molecular weight excluding hydrogens is 560 g/mol. The van der Waals surface area contributed by atoms with Crippen LogP contribution in [0.5, 0.6) is 23.0 Å². The number of rotatable bonds is 14. The third-order valence-electron chi connectivity index (χ3n) is 5.56. The molecule has 0 bridgehead atoms. The van der Waals surface area contributed by atoms with Crippen LogP contribution in [0.1, 0.15) is 53.3 Å². The van der Waals surface area contributed by atoms with Crippen LogP contribution in [-0.2, 0) is 19.1 Å². The Morgan fingerprint density at radius 3 is 1.40 bits per heavy atom. The minimum Gasteiger partial charge on any atom is -0.463 e. The Balaban J connectivity index is 1.38. The molecule has 3 aromatic carbocycles. The number of carbonyl (C=O) groups is 5. The van der Waals surface area contributed by atoms with E-state index in [9.17, 15) is 24.0 Å². The van der Waals surface area contributed by atoms with Crippen molar-refractivity contribution in [2.45, 2.75) is 32.6 Å². The molecule has 0 aliphatic heterocycles. The molecule has 0 saturated carbocycles. The van der Waals surface area contributed by atoms with Crippen molar-refractivity contribution in [2.24, 2.45) is 0 Å². The van der Waals surface area contributed by atoms with Crippen LogP contribution in [0.4, 0.5) is 4.79 Å². The van der Waals surface area contributed by atoms with Crippen molar-refractivity contribution in [1.82, 2.24) is 0 Å². The largest absolute Gasteiger partial charge is 0.513 e. The van der Waals surface area contributed by atoms with Crippen LogP contribution < -0.4 is 18.9 Å². The van der Waals surface area contributed by atoms with Crippen molar-refractivity contribution < 1.29 is 52.4 Å². The lowest BCUT2D eigenvalue weighted by Gasteiger charge is -2.08. The van der Waals surface area contributed by atoms with Gasteiger partial charge in [0, 0.05) is 13.0 Å². The van der Waals surface area contributed by atoms with Gasteiger partial charge in [0.25, 0.3) is 0 Å². The number of ether oxygens (including phenoxy) is 6. The number of hydrogen-bond acceptors (Lipinski definition) is 11. The predicted octanol–water partition coefficient (Wildman–Crippen LogP) is 5.86. The van der Waals surface area contributed by atoms with Crippen LogP contribution in [0.25, 0.3) is 0 Å². The Labute approximate surface area is 247 Å². The fraction of sp³-hybridized carbons (Fsp3) is 0.219. The van der Waals surface area contributed by atoms with Gasteiger partial charge < -0.3 is 28.4 Å². The van der Waals surface area contributed by atoms with E-state index >= 15 is 0 Å². The smallest absolute Gasteiger partial charge is 0.463 e. The van der Waals surface area contributed by atoms with Crippen LogP contribution in [0.15, 0.2) is 85.5 Å². The summed E-state index contributed by atoms with van der Waals surface area (Å²) in [6.07, 6.45) is 3.18. The highest BCUT2D eigenvalue weighted by molar-refractivity contribution is 5.92. The lowest BCUT2D eigenvalue weighted by atomic mass is 10.2. The van der Waals surface area contributed by atoms with Crippen molar-refractivity contribution in [3.8, 4) is 23.0 Å². The van der Waals surface area contributed by atoms with Gasteiger partial charge in [-0.15, -0.1) is 0 Å². The van der Waals surface area contributed by atoms with Gasteiger partial charge in [-0.25, -0.2) is 19.2 Å². The zero-order chi connectivity index (χ0) is 31.0. The number of hydrogen-bond donors (Lipinski definition) is 0. The number of carbonyl (C=O) groups excluding carboxylic acids is 5. The van der Waals surface area contributed by atoms with Crippen LogP contribution in [-0.4, -0.2) is 43.2 Å².